The monoisotopic (exact) mass is 294 g/mol. The number of carbonyl (C=O) groups excluding carboxylic acids is 1. The van der Waals surface area contributed by atoms with E-state index in [1.165, 1.54) is 24.3 Å². The van der Waals surface area contributed by atoms with Crippen molar-refractivity contribution in [3.05, 3.63) is 46.2 Å². The van der Waals surface area contributed by atoms with Gasteiger partial charge in [0.1, 0.15) is 10.7 Å². The fourth-order valence-corrected chi connectivity index (χ4v) is 2.47. The fourth-order valence-electron chi connectivity index (χ4n) is 1.58. The number of benzene rings is 1. The maximum atomic E-state index is 12.8. The van der Waals surface area contributed by atoms with Gasteiger partial charge >= 0.3 is 5.97 Å². The molecule has 1 aromatic heterocycles. The second kappa shape index (κ2) is 5.79. The molecule has 0 bridgehead atoms. The van der Waals surface area contributed by atoms with Gasteiger partial charge in [-0.05, 0) is 30.7 Å². The molecular weight excluding hydrogens is 283 g/mol. The number of amides is 1. The molecule has 2 N–H and O–H groups in total. The maximum absolute atomic E-state index is 12.8. The van der Waals surface area contributed by atoms with Crippen LogP contribution in [0.4, 0.5) is 9.52 Å². The smallest absolute Gasteiger partial charge is 0.347 e. The van der Waals surface area contributed by atoms with Crippen molar-refractivity contribution in [2.24, 2.45) is 0 Å². The highest BCUT2D eigenvalue weighted by Crippen LogP contribution is 2.24. The number of carbonyl (C=O) groups is 2. The molecule has 0 aliphatic heterocycles. The topological polar surface area (TPSA) is 79.3 Å². The van der Waals surface area contributed by atoms with Crippen LogP contribution in [0.1, 0.15) is 32.6 Å². The second-order valence-corrected chi connectivity index (χ2v) is 4.91. The van der Waals surface area contributed by atoms with Crippen LogP contribution in [0, 0.1) is 5.82 Å². The Bertz CT molecular complexity index is 652. The van der Waals surface area contributed by atoms with Crippen LogP contribution in [0.3, 0.4) is 0 Å². The minimum absolute atomic E-state index is 0.113. The molecule has 5 nitrogen and oxygen atoms in total. The van der Waals surface area contributed by atoms with E-state index in [0.717, 1.165) is 11.3 Å². The first kappa shape index (κ1) is 14.1. The summed E-state index contributed by atoms with van der Waals surface area (Å²) in [5.74, 6) is -1.96. The molecule has 2 rings (SSSR count). The van der Waals surface area contributed by atoms with Gasteiger partial charge in [0.15, 0.2) is 5.13 Å². The maximum Gasteiger partial charge on any atom is 0.347 e. The van der Waals surface area contributed by atoms with Gasteiger partial charge in [0.05, 0.1) is 5.69 Å². The van der Waals surface area contributed by atoms with E-state index in [0.29, 0.717) is 12.1 Å². The Morgan fingerprint density at radius 2 is 2.00 bits per heavy atom. The number of aryl methyl sites for hydroxylation is 1. The van der Waals surface area contributed by atoms with Crippen LogP contribution in [0.15, 0.2) is 24.3 Å². The highest BCUT2D eigenvalue weighted by Gasteiger charge is 2.17. The molecule has 0 radical (unpaired) electrons. The summed E-state index contributed by atoms with van der Waals surface area (Å²) in [7, 11) is 0. The predicted octanol–water partition coefficient (Wildman–Crippen LogP) is 2.80. The number of carboxylic acid groups (broad SMARTS) is 1. The average Bonchev–Trinajstić information content (AvgIpc) is 2.82. The molecule has 2 aromatic rings. The normalized spacial score (nSPS) is 10.3. The van der Waals surface area contributed by atoms with Gasteiger partial charge in [0.2, 0.25) is 0 Å². The third-order valence-corrected chi connectivity index (χ3v) is 3.55. The summed E-state index contributed by atoms with van der Waals surface area (Å²) in [5, 5.41) is 11.7. The van der Waals surface area contributed by atoms with Crippen molar-refractivity contribution < 1.29 is 19.1 Å². The lowest BCUT2D eigenvalue weighted by Crippen LogP contribution is -2.11. The SMILES string of the molecule is CCc1nc(NC(=O)c2ccc(F)cc2)sc1C(=O)O. The van der Waals surface area contributed by atoms with E-state index in [9.17, 15) is 14.0 Å². The Balaban J connectivity index is 2.19. The number of nitrogens with zero attached hydrogens (tertiary/aromatic N) is 1. The second-order valence-electron chi connectivity index (χ2n) is 3.91. The fraction of sp³-hybridized carbons (Fsp3) is 0.154. The van der Waals surface area contributed by atoms with E-state index < -0.39 is 17.7 Å². The largest absolute Gasteiger partial charge is 0.477 e. The summed E-state index contributed by atoms with van der Waals surface area (Å²) in [6.07, 6.45) is 0.463. The van der Waals surface area contributed by atoms with Gasteiger partial charge in [0, 0.05) is 5.56 Å². The number of aromatic carboxylic acids is 1. The summed E-state index contributed by atoms with van der Waals surface area (Å²) >= 11 is 0.902. The van der Waals surface area contributed by atoms with E-state index in [4.69, 9.17) is 5.11 Å². The Labute approximate surface area is 118 Å². The molecule has 7 heteroatoms. The van der Waals surface area contributed by atoms with Crippen molar-refractivity contribution in [1.29, 1.82) is 0 Å². The number of thiazole rings is 1. The molecule has 1 amide bonds. The van der Waals surface area contributed by atoms with E-state index in [1.807, 2.05) is 0 Å². The molecule has 0 saturated carbocycles. The molecule has 0 aliphatic rings. The Hall–Kier alpha value is -2.28. The molecule has 20 heavy (non-hydrogen) atoms. The summed E-state index contributed by atoms with van der Waals surface area (Å²) in [6.45, 7) is 1.78. The average molecular weight is 294 g/mol. The molecule has 104 valence electrons. The van der Waals surface area contributed by atoms with Crippen LogP contribution in [0.25, 0.3) is 0 Å². The molecule has 0 unspecified atom stereocenters. The van der Waals surface area contributed by atoms with E-state index in [-0.39, 0.29) is 15.6 Å². The first-order chi connectivity index (χ1) is 9.51. The molecule has 1 heterocycles. The number of nitrogens with one attached hydrogen (secondary N) is 1. The predicted molar refractivity (Wildman–Crippen MR) is 72.8 cm³/mol. The lowest BCUT2D eigenvalue weighted by molar-refractivity contribution is 0.0700. The summed E-state index contributed by atoms with van der Waals surface area (Å²) in [4.78, 5) is 27.1. The van der Waals surface area contributed by atoms with Crippen molar-refractivity contribution in [3.63, 3.8) is 0 Å². The Morgan fingerprint density at radius 3 is 2.50 bits per heavy atom. The van der Waals surface area contributed by atoms with Crippen LogP contribution in [0.2, 0.25) is 0 Å². The van der Waals surface area contributed by atoms with Crippen molar-refractivity contribution in [2.75, 3.05) is 5.32 Å². The van der Waals surface area contributed by atoms with Crippen molar-refractivity contribution in [2.45, 2.75) is 13.3 Å². The summed E-state index contributed by atoms with van der Waals surface area (Å²) in [6, 6.07) is 5.04. The number of rotatable bonds is 4. The van der Waals surface area contributed by atoms with Crippen molar-refractivity contribution >= 4 is 28.3 Å². The summed E-state index contributed by atoms with van der Waals surface area (Å²) < 4.78 is 12.8. The first-order valence-corrected chi connectivity index (χ1v) is 6.62. The number of carboxylic acids is 1. The van der Waals surface area contributed by atoms with Crippen LogP contribution in [0.5, 0.6) is 0 Å². The molecule has 0 aliphatic carbocycles. The Morgan fingerprint density at radius 1 is 1.35 bits per heavy atom. The van der Waals surface area contributed by atoms with Gasteiger partial charge in [-0.15, -0.1) is 0 Å². The zero-order valence-electron chi connectivity index (χ0n) is 10.5. The Kier molecular flexibility index (Phi) is 4.09. The molecule has 0 spiro atoms. The third-order valence-electron chi connectivity index (χ3n) is 2.55. The number of anilines is 1. The number of aromatic nitrogens is 1. The quantitative estimate of drug-likeness (QED) is 0.908. The van der Waals surface area contributed by atoms with Gasteiger partial charge in [-0.25, -0.2) is 14.2 Å². The van der Waals surface area contributed by atoms with Gasteiger partial charge in [0.25, 0.3) is 5.91 Å². The molecule has 0 saturated heterocycles. The lowest BCUT2D eigenvalue weighted by atomic mass is 10.2. The van der Waals surface area contributed by atoms with Crippen LogP contribution in [-0.4, -0.2) is 22.0 Å². The molecule has 0 fully saturated rings. The standard InChI is InChI=1S/C13H11FN2O3S/c1-2-9-10(12(18)19)20-13(15-9)16-11(17)7-3-5-8(14)6-4-7/h3-6H,2H2,1H3,(H,18,19)(H,15,16,17). The van der Waals surface area contributed by atoms with Gasteiger partial charge < -0.3 is 5.11 Å². The zero-order valence-corrected chi connectivity index (χ0v) is 11.3. The lowest BCUT2D eigenvalue weighted by Gasteiger charge is -2.00. The van der Waals surface area contributed by atoms with E-state index >= 15 is 0 Å². The van der Waals surface area contributed by atoms with Crippen LogP contribution in [-0.2, 0) is 6.42 Å². The first-order valence-electron chi connectivity index (χ1n) is 5.81. The third kappa shape index (κ3) is 3.00. The molecule has 1 aromatic carbocycles. The molecular formula is C13H11FN2O3S. The number of hydrogen-bond donors (Lipinski definition) is 2. The number of hydrogen-bond acceptors (Lipinski definition) is 4. The van der Waals surface area contributed by atoms with Crippen LogP contribution >= 0.6 is 11.3 Å². The van der Waals surface area contributed by atoms with Gasteiger partial charge in [-0.1, -0.05) is 18.3 Å². The minimum Gasteiger partial charge on any atom is -0.477 e. The van der Waals surface area contributed by atoms with E-state index in [1.54, 1.807) is 6.92 Å². The number of halogens is 1. The van der Waals surface area contributed by atoms with Crippen molar-refractivity contribution in [3.8, 4) is 0 Å². The summed E-state index contributed by atoms with van der Waals surface area (Å²) in [5.41, 5.74) is 0.702. The van der Waals surface area contributed by atoms with E-state index in [2.05, 4.69) is 10.3 Å². The highest BCUT2D eigenvalue weighted by atomic mass is 32.1. The minimum atomic E-state index is -1.07. The van der Waals surface area contributed by atoms with Crippen molar-refractivity contribution in [1.82, 2.24) is 4.98 Å². The zero-order chi connectivity index (χ0) is 14.7. The molecule has 0 atom stereocenters. The van der Waals surface area contributed by atoms with Gasteiger partial charge in [-0.2, -0.15) is 0 Å². The van der Waals surface area contributed by atoms with Crippen LogP contribution < -0.4 is 5.32 Å². The highest BCUT2D eigenvalue weighted by molar-refractivity contribution is 7.17. The van der Waals surface area contributed by atoms with Gasteiger partial charge in [-0.3, -0.25) is 10.1 Å².